The first-order valence-corrected chi connectivity index (χ1v) is 5.47. The third-order valence-corrected chi connectivity index (χ3v) is 3.32. The monoisotopic (exact) mass is 195 g/mol. The Kier molecular flexibility index (Phi) is 2.57. The summed E-state index contributed by atoms with van der Waals surface area (Å²) in [6.45, 7) is 3.15. The van der Waals surface area contributed by atoms with Crippen molar-refractivity contribution in [2.75, 3.05) is 13.1 Å². The Hall–Kier alpha value is -0.860. The number of hydrogen-bond donors (Lipinski definition) is 0. The van der Waals surface area contributed by atoms with Crippen LogP contribution in [-0.4, -0.2) is 29.7 Å². The zero-order chi connectivity index (χ0) is 10.1. The molecule has 2 rings (SSSR count). The van der Waals surface area contributed by atoms with Gasteiger partial charge in [-0.2, -0.15) is 0 Å². The van der Waals surface area contributed by atoms with E-state index in [9.17, 15) is 9.59 Å². The molecule has 0 unspecified atom stereocenters. The largest absolute Gasteiger partial charge is 0.343 e. The summed E-state index contributed by atoms with van der Waals surface area (Å²) in [7, 11) is 0. The van der Waals surface area contributed by atoms with Crippen LogP contribution in [0.3, 0.4) is 0 Å². The van der Waals surface area contributed by atoms with Gasteiger partial charge in [0.1, 0.15) is 5.78 Å². The second kappa shape index (κ2) is 3.71. The molecule has 1 heterocycles. The van der Waals surface area contributed by atoms with Gasteiger partial charge in [0.25, 0.3) is 0 Å². The molecule has 0 spiro atoms. The Labute approximate surface area is 84.5 Å². The van der Waals surface area contributed by atoms with Gasteiger partial charge in [-0.3, -0.25) is 9.59 Å². The van der Waals surface area contributed by atoms with Gasteiger partial charge in [0, 0.05) is 31.8 Å². The molecule has 2 aliphatic rings. The third kappa shape index (κ3) is 1.97. The zero-order valence-electron chi connectivity index (χ0n) is 8.66. The van der Waals surface area contributed by atoms with Gasteiger partial charge in [-0.05, 0) is 25.7 Å². The highest BCUT2D eigenvalue weighted by molar-refractivity contribution is 5.85. The normalized spacial score (nSPS) is 23.6. The highest BCUT2D eigenvalue weighted by atomic mass is 16.2. The van der Waals surface area contributed by atoms with Gasteiger partial charge in [0.15, 0.2) is 0 Å². The van der Waals surface area contributed by atoms with Gasteiger partial charge >= 0.3 is 0 Å². The van der Waals surface area contributed by atoms with E-state index in [0.717, 1.165) is 38.8 Å². The van der Waals surface area contributed by atoms with E-state index in [1.165, 1.54) is 0 Å². The molecule has 0 N–H and O–H groups in total. The molecule has 1 aliphatic carbocycles. The fourth-order valence-electron chi connectivity index (χ4n) is 2.18. The van der Waals surface area contributed by atoms with E-state index >= 15 is 0 Å². The van der Waals surface area contributed by atoms with E-state index in [4.69, 9.17) is 0 Å². The number of rotatable bonds is 2. The average Bonchev–Trinajstić information content (AvgIpc) is 3.00. The van der Waals surface area contributed by atoms with E-state index in [0.29, 0.717) is 11.7 Å². The van der Waals surface area contributed by atoms with Crippen molar-refractivity contribution in [2.24, 2.45) is 11.8 Å². The van der Waals surface area contributed by atoms with Crippen LogP contribution in [0.2, 0.25) is 0 Å². The molecule has 1 amide bonds. The van der Waals surface area contributed by atoms with Crippen LogP contribution < -0.4 is 0 Å². The molecule has 1 aliphatic heterocycles. The van der Waals surface area contributed by atoms with Crippen LogP contribution in [0.15, 0.2) is 0 Å². The summed E-state index contributed by atoms with van der Waals surface area (Å²) in [6, 6.07) is 0. The first-order chi connectivity index (χ1) is 6.68. The smallest absolute Gasteiger partial charge is 0.219 e. The summed E-state index contributed by atoms with van der Waals surface area (Å²) in [4.78, 5) is 24.6. The van der Waals surface area contributed by atoms with Crippen LogP contribution in [0.25, 0.3) is 0 Å². The van der Waals surface area contributed by atoms with Gasteiger partial charge in [-0.15, -0.1) is 0 Å². The predicted octanol–water partition coefficient (Wildman–Crippen LogP) is 1.22. The van der Waals surface area contributed by atoms with E-state index in [2.05, 4.69) is 0 Å². The fourth-order valence-corrected chi connectivity index (χ4v) is 2.18. The third-order valence-electron chi connectivity index (χ3n) is 3.32. The van der Waals surface area contributed by atoms with Gasteiger partial charge in [-0.25, -0.2) is 0 Å². The number of likely N-dealkylation sites (tertiary alicyclic amines) is 1. The van der Waals surface area contributed by atoms with Crippen molar-refractivity contribution in [3.05, 3.63) is 0 Å². The van der Waals surface area contributed by atoms with Gasteiger partial charge in [0.2, 0.25) is 5.91 Å². The summed E-state index contributed by atoms with van der Waals surface area (Å²) in [6.07, 6.45) is 3.97. The van der Waals surface area contributed by atoms with Crippen LogP contribution in [0.5, 0.6) is 0 Å². The SMILES string of the molecule is CC(=O)N1CCC(C(=O)C2CC2)CC1. The molecule has 1 saturated heterocycles. The Morgan fingerprint density at radius 3 is 1.93 bits per heavy atom. The molecular weight excluding hydrogens is 178 g/mol. The minimum absolute atomic E-state index is 0.141. The maximum Gasteiger partial charge on any atom is 0.219 e. The molecule has 0 aromatic rings. The highest BCUT2D eigenvalue weighted by Crippen LogP contribution is 2.35. The predicted molar refractivity (Wildman–Crippen MR) is 52.7 cm³/mol. The van der Waals surface area contributed by atoms with Crippen molar-refractivity contribution in [1.82, 2.24) is 4.90 Å². The Morgan fingerprint density at radius 1 is 1.00 bits per heavy atom. The topological polar surface area (TPSA) is 37.4 Å². The van der Waals surface area contributed by atoms with Crippen LogP contribution in [0, 0.1) is 11.8 Å². The first-order valence-electron chi connectivity index (χ1n) is 5.47. The molecule has 0 atom stereocenters. The standard InChI is InChI=1S/C11H17NO2/c1-8(13)12-6-4-10(5-7-12)11(14)9-2-3-9/h9-10H,2-7H2,1H3. The Bertz CT molecular complexity index is 250. The Balaban J connectivity index is 1.83. The lowest BCUT2D eigenvalue weighted by Crippen LogP contribution is -2.39. The molecule has 3 nitrogen and oxygen atoms in total. The van der Waals surface area contributed by atoms with Crippen molar-refractivity contribution in [3.8, 4) is 0 Å². The molecule has 3 heteroatoms. The second-order valence-corrected chi connectivity index (χ2v) is 4.46. The number of ketones is 1. The average molecular weight is 195 g/mol. The number of carbonyl (C=O) groups excluding carboxylic acids is 2. The van der Waals surface area contributed by atoms with Crippen molar-refractivity contribution < 1.29 is 9.59 Å². The number of amides is 1. The maximum absolute atomic E-state index is 11.7. The van der Waals surface area contributed by atoms with E-state index in [1.54, 1.807) is 6.92 Å². The molecular formula is C11H17NO2. The van der Waals surface area contributed by atoms with Crippen LogP contribution in [0.4, 0.5) is 0 Å². The number of hydrogen-bond acceptors (Lipinski definition) is 2. The quantitative estimate of drug-likeness (QED) is 0.664. The lowest BCUT2D eigenvalue weighted by molar-refractivity contribution is -0.133. The minimum atomic E-state index is 0.141. The maximum atomic E-state index is 11.7. The van der Waals surface area contributed by atoms with Crippen LogP contribution >= 0.6 is 0 Å². The molecule has 2 fully saturated rings. The first kappa shape index (κ1) is 9.69. The van der Waals surface area contributed by atoms with Crippen LogP contribution in [-0.2, 0) is 9.59 Å². The number of Topliss-reactive ketones (excluding diaryl/α,β-unsaturated/α-hetero) is 1. The molecule has 0 aromatic heterocycles. The highest BCUT2D eigenvalue weighted by Gasteiger charge is 2.36. The summed E-state index contributed by atoms with van der Waals surface area (Å²) in [5, 5.41) is 0. The van der Waals surface area contributed by atoms with Crippen LogP contribution in [0.1, 0.15) is 32.6 Å². The van der Waals surface area contributed by atoms with Crippen molar-refractivity contribution in [3.63, 3.8) is 0 Å². The molecule has 78 valence electrons. The lowest BCUT2D eigenvalue weighted by atomic mass is 9.90. The van der Waals surface area contributed by atoms with Gasteiger partial charge in [-0.1, -0.05) is 0 Å². The molecule has 1 saturated carbocycles. The van der Waals surface area contributed by atoms with E-state index in [-0.39, 0.29) is 11.8 Å². The van der Waals surface area contributed by atoms with Gasteiger partial charge < -0.3 is 4.90 Å². The number of carbonyl (C=O) groups is 2. The number of nitrogens with zero attached hydrogens (tertiary/aromatic N) is 1. The fraction of sp³-hybridized carbons (Fsp3) is 0.818. The Morgan fingerprint density at radius 2 is 1.50 bits per heavy atom. The van der Waals surface area contributed by atoms with E-state index in [1.807, 2.05) is 4.90 Å². The summed E-state index contributed by atoms with van der Waals surface area (Å²) < 4.78 is 0. The van der Waals surface area contributed by atoms with Crippen molar-refractivity contribution in [1.29, 1.82) is 0 Å². The van der Waals surface area contributed by atoms with Crippen molar-refractivity contribution >= 4 is 11.7 Å². The molecule has 0 aromatic carbocycles. The summed E-state index contributed by atoms with van der Waals surface area (Å²) >= 11 is 0. The summed E-state index contributed by atoms with van der Waals surface area (Å²) in [5.74, 6) is 1.23. The minimum Gasteiger partial charge on any atom is -0.343 e. The van der Waals surface area contributed by atoms with Crippen molar-refractivity contribution in [2.45, 2.75) is 32.6 Å². The van der Waals surface area contributed by atoms with Gasteiger partial charge in [0.05, 0.1) is 0 Å². The molecule has 0 bridgehead atoms. The molecule has 14 heavy (non-hydrogen) atoms. The molecule has 0 radical (unpaired) electrons. The number of piperidine rings is 1. The van der Waals surface area contributed by atoms with E-state index < -0.39 is 0 Å². The lowest BCUT2D eigenvalue weighted by Gasteiger charge is -2.30. The summed E-state index contributed by atoms with van der Waals surface area (Å²) in [5.41, 5.74) is 0. The zero-order valence-corrected chi connectivity index (χ0v) is 8.66. The second-order valence-electron chi connectivity index (χ2n) is 4.46.